The van der Waals surface area contributed by atoms with Crippen LogP contribution in [-0.2, 0) is 20.8 Å². The molecule has 0 aliphatic carbocycles. The predicted octanol–water partition coefficient (Wildman–Crippen LogP) is 3.60. The number of hydrogen-bond acceptors (Lipinski definition) is 7. The maximum atomic E-state index is 13.6. The molecule has 8 heteroatoms. The highest BCUT2D eigenvalue weighted by molar-refractivity contribution is 7.98. The summed E-state index contributed by atoms with van der Waals surface area (Å²) in [5, 5.41) is 10.9. The summed E-state index contributed by atoms with van der Waals surface area (Å²) in [5.41, 5.74) is 1.78. The van der Waals surface area contributed by atoms with Gasteiger partial charge in [0, 0.05) is 24.2 Å². The molecule has 3 rings (SSSR count). The molecule has 1 saturated heterocycles. The van der Waals surface area contributed by atoms with Gasteiger partial charge in [0.2, 0.25) is 0 Å². The first kappa shape index (κ1) is 25.3. The summed E-state index contributed by atoms with van der Waals surface area (Å²) in [6.07, 6.45) is 3.33. The molecule has 0 bridgehead atoms. The minimum atomic E-state index is -0.411. The molecule has 7 nitrogen and oxygen atoms in total. The Kier molecular flexibility index (Phi) is 9.00. The first-order valence-corrected chi connectivity index (χ1v) is 12.6. The predicted molar refractivity (Wildman–Crippen MR) is 130 cm³/mol. The first-order valence-electron chi connectivity index (χ1n) is 11.4. The number of aryl methyl sites for hydroxylation is 1. The van der Waals surface area contributed by atoms with Gasteiger partial charge in [-0.1, -0.05) is 12.1 Å². The smallest absolute Gasteiger partial charge is 0.309 e. The van der Waals surface area contributed by atoms with Crippen LogP contribution in [-0.4, -0.2) is 60.2 Å². The van der Waals surface area contributed by atoms with Crippen LogP contribution in [0.15, 0.2) is 40.0 Å². The number of aromatic hydroxyl groups is 1. The first-order chi connectivity index (χ1) is 15.9. The number of carbonyl (C=O) groups is 1. The van der Waals surface area contributed by atoms with E-state index in [0.29, 0.717) is 56.9 Å². The summed E-state index contributed by atoms with van der Waals surface area (Å²) in [6.45, 7) is 6.08. The second-order valence-electron chi connectivity index (χ2n) is 8.27. The highest BCUT2D eigenvalue weighted by Gasteiger charge is 2.34. The number of hydrogen-bond donors (Lipinski definition) is 1. The third-order valence-corrected chi connectivity index (χ3v) is 7.01. The highest BCUT2D eigenvalue weighted by atomic mass is 32.2. The summed E-state index contributed by atoms with van der Waals surface area (Å²) in [6, 6.07) is 9.35. The lowest BCUT2D eigenvalue weighted by Gasteiger charge is -2.37. The summed E-state index contributed by atoms with van der Waals surface area (Å²) in [4.78, 5) is 29.1. The Bertz CT molecular complexity index is 997. The van der Waals surface area contributed by atoms with Crippen LogP contribution in [0.4, 0.5) is 0 Å². The molecule has 0 radical (unpaired) electrons. The number of pyridine rings is 1. The number of nitrogens with zero attached hydrogens (tertiary/aromatic N) is 2. The summed E-state index contributed by atoms with van der Waals surface area (Å²) in [5.74, 6) is -0.290. The minimum Gasteiger partial charge on any atom is -0.507 e. The normalized spacial score (nSPS) is 16.0. The van der Waals surface area contributed by atoms with Gasteiger partial charge in [0.25, 0.3) is 5.56 Å². The van der Waals surface area contributed by atoms with Crippen LogP contribution in [0.1, 0.15) is 42.6 Å². The van der Waals surface area contributed by atoms with E-state index < -0.39 is 6.04 Å². The van der Waals surface area contributed by atoms with Gasteiger partial charge in [0.1, 0.15) is 5.75 Å². The van der Waals surface area contributed by atoms with Gasteiger partial charge in [-0.2, -0.15) is 0 Å². The summed E-state index contributed by atoms with van der Waals surface area (Å²) >= 11 is 1.65. The van der Waals surface area contributed by atoms with Gasteiger partial charge in [-0.3, -0.25) is 14.5 Å². The van der Waals surface area contributed by atoms with Crippen LogP contribution in [0.5, 0.6) is 5.75 Å². The van der Waals surface area contributed by atoms with Crippen molar-refractivity contribution in [2.45, 2.75) is 44.2 Å². The van der Waals surface area contributed by atoms with Crippen LogP contribution in [0, 0.1) is 12.8 Å². The zero-order valence-corrected chi connectivity index (χ0v) is 20.7. The second kappa shape index (κ2) is 11.7. The fourth-order valence-corrected chi connectivity index (χ4v) is 4.89. The van der Waals surface area contributed by atoms with Gasteiger partial charge in [-0.15, -0.1) is 11.8 Å². The van der Waals surface area contributed by atoms with Crippen molar-refractivity contribution in [1.82, 2.24) is 9.47 Å². The van der Waals surface area contributed by atoms with Gasteiger partial charge < -0.3 is 19.1 Å². The molecule has 1 atom stereocenters. The van der Waals surface area contributed by atoms with Crippen LogP contribution in [0.25, 0.3) is 0 Å². The zero-order valence-electron chi connectivity index (χ0n) is 19.9. The van der Waals surface area contributed by atoms with E-state index in [0.717, 1.165) is 10.5 Å². The van der Waals surface area contributed by atoms with E-state index >= 15 is 0 Å². The molecule has 0 saturated carbocycles. The molecular formula is C25H34N2O5S. The van der Waals surface area contributed by atoms with Crippen molar-refractivity contribution in [3.8, 4) is 5.75 Å². The molecule has 1 aromatic heterocycles. The number of rotatable bonds is 9. The van der Waals surface area contributed by atoms with Crippen LogP contribution >= 0.6 is 11.8 Å². The minimum absolute atomic E-state index is 0.00220. The van der Waals surface area contributed by atoms with E-state index in [2.05, 4.69) is 4.90 Å². The Balaban J connectivity index is 2.02. The summed E-state index contributed by atoms with van der Waals surface area (Å²) in [7, 11) is 1.60. The Morgan fingerprint density at radius 1 is 1.24 bits per heavy atom. The van der Waals surface area contributed by atoms with E-state index in [1.54, 1.807) is 29.5 Å². The molecule has 1 aliphatic heterocycles. The largest absolute Gasteiger partial charge is 0.507 e. The number of likely N-dealkylation sites (tertiary alicyclic amines) is 1. The molecule has 2 heterocycles. The number of carbonyl (C=O) groups excluding carboxylic acids is 1. The number of piperidine rings is 1. The van der Waals surface area contributed by atoms with E-state index in [-0.39, 0.29) is 23.2 Å². The molecule has 1 N–H and O–H groups in total. The van der Waals surface area contributed by atoms with Gasteiger partial charge >= 0.3 is 5.97 Å². The van der Waals surface area contributed by atoms with E-state index in [4.69, 9.17) is 9.47 Å². The van der Waals surface area contributed by atoms with Crippen molar-refractivity contribution in [2.75, 3.05) is 39.7 Å². The van der Waals surface area contributed by atoms with Crippen molar-refractivity contribution in [1.29, 1.82) is 0 Å². The molecule has 1 aromatic carbocycles. The molecule has 2 aromatic rings. The van der Waals surface area contributed by atoms with Gasteiger partial charge in [-0.05, 0) is 69.8 Å². The second-order valence-corrected chi connectivity index (χ2v) is 9.15. The fraction of sp³-hybridized carbons (Fsp3) is 0.520. The molecule has 1 fully saturated rings. The molecule has 180 valence electrons. The van der Waals surface area contributed by atoms with Crippen molar-refractivity contribution in [2.24, 2.45) is 5.92 Å². The zero-order chi connectivity index (χ0) is 24.0. The average Bonchev–Trinajstić information content (AvgIpc) is 2.82. The van der Waals surface area contributed by atoms with Crippen LogP contribution < -0.4 is 5.56 Å². The van der Waals surface area contributed by atoms with Gasteiger partial charge in [0.05, 0.1) is 30.7 Å². The van der Waals surface area contributed by atoms with E-state index in [1.807, 2.05) is 44.4 Å². The number of esters is 1. The third kappa shape index (κ3) is 5.80. The highest BCUT2D eigenvalue weighted by Crippen LogP contribution is 2.36. The Labute approximate surface area is 199 Å². The van der Waals surface area contributed by atoms with Crippen LogP contribution in [0.3, 0.4) is 0 Å². The quantitative estimate of drug-likeness (QED) is 0.439. The molecule has 0 amide bonds. The Hall–Kier alpha value is -2.29. The van der Waals surface area contributed by atoms with Crippen molar-refractivity contribution < 1.29 is 19.4 Å². The maximum Gasteiger partial charge on any atom is 0.309 e. The molecule has 0 spiro atoms. The monoisotopic (exact) mass is 474 g/mol. The van der Waals surface area contributed by atoms with Gasteiger partial charge in [0.15, 0.2) is 0 Å². The maximum absolute atomic E-state index is 13.6. The number of methoxy groups -OCH3 is 1. The Morgan fingerprint density at radius 3 is 2.48 bits per heavy atom. The van der Waals surface area contributed by atoms with E-state index in [9.17, 15) is 14.7 Å². The molecule has 1 aliphatic rings. The number of aromatic nitrogens is 1. The SMILES string of the molecule is CCOC(=O)C1CCN([C@@H](c2ccc(SC)cc2)c2c(O)cc(C)n(CCOC)c2=O)CC1. The lowest BCUT2D eigenvalue weighted by molar-refractivity contribution is -0.149. The van der Waals surface area contributed by atoms with Crippen LogP contribution in [0.2, 0.25) is 0 Å². The van der Waals surface area contributed by atoms with Gasteiger partial charge in [-0.25, -0.2) is 0 Å². The number of ether oxygens (including phenoxy) is 2. The molecule has 33 heavy (non-hydrogen) atoms. The van der Waals surface area contributed by atoms with Crippen molar-refractivity contribution in [3.63, 3.8) is 0 Å². The molecular weight excluding hydrogens is 440 g/mol. The Morgan fingerprint density at radius 2 is 1.91 bits per heavy atom. The fourth-order valence-electron chi connectivity index (χ4n) is 4.49. The van der Waals surface area contributed by atoms with Crippen molar-refractivity contribution in [3.05, 3.63) is 57.5 Å². The van der Waals surface area contributed by atoms with E-state index in [1.165, 1.54) is 0 Å². The molecule has 0 unspecified atom stereocenters. The third-order valence-electron chi connectivity index (χ3n) is 6.26. The number of thioether (sulfide) groups is 1. The lowest BCUT2D eigenvalue weighted by atomic mass is 9.91. The topological polar surface area (TPSA) is 81.0 Å². The lowest BCUT2D eigenvalue weighted by Crippen LogP contribution is -2.42. The summed E-state index contributed by atoms with van der Waals surface area (Å²) < 4.78 is 12.1. The standard InChI is InChI=1S/C25H34N2O5S/c1-5-32-25(30)19-10-12-26(13-11-19)23(18-6-8-20(33-4)9-7-18)22-21(28)16-17(2)27(24(22)29)14-15-31-3/h6-9,16,19,23,28H,5,10-15H2,1-4H3/t23-/m0/s1. The average molecular weight is 475 g/mol. The van der Waals surface area contributed by atoms with Crippen molar-refractivity contribution >= 4 is 17.7 Å². The number of benzene rings is 1.